The Bertz CT molecular complexity index is 2920. The van der Waals surface area contributed by atoms with Gasteiger partial charge in [-0.3, -0.25) is 0 Å². The summed E-state index contributed by atoms with van der Waals surface area (Å²) in [5, 5.41) is 10.2. The smallest absolute Gasteiger partial charge is 0.347 e. The Balaban J connectivity index is 0.000000181. The van der Waals surface area contributed by atoms with Crippen molar-refractivity contribution in [1.29, 1.82) is 0 Å². The van der Waals surface area contributed by atoms with Crippen LogP contribution in [-0.2, 0) is 0 Å². The van der Waals surface area contributed by atoms with Gasteiger partial charge in [0.2, 0.25) is 11.8 Å². The molecule has 0 amide bonds. The summed E-state index contributed by atoms with van der Waals surface area (Å²) in [6.45, 7) is 12.8. The van der Waals surface area contributed by atoms with Crippen LogP contribution in [0.1, 0.15) is 24.1 Å². The molecule has 0 saturated carbocycles. The minimum atomic E-state index is -0.584. The third-order valence-electron chi connectivity index (χ3n) is 7.78. The molecule has 13 nitrogen and oxygen atoms in total. The molecular weight excluding hydrogens is 865 g/mol. The molecule has 0 radical (unpaired) electrons. The predicted molar refractivity (Wildman–Crippen MR) is 214 cm³/mol. The number of rotatable bonds is 4. The molecule has 0 aliphatic rings. The highest BCUT2D eigenvalue weighted by molar-refractivity contribution is 9.10. The maximum absolute atomic E-state index is 12.5. The molecule has 17 heteroatoms. The maximum atomic E-state index is 12.5. The van der Waals surface area contributed by atoms with Gasteiger partial charge in [0.05, 0.1) is 38.4 Å². The Morgan fingerprint density at radius 2 is 1.17 bits per heavy atom. The average Bonchev–Trinajstić information content (AvgIpc) is 3.71. The highest BCUT2D eigenvalue weighted by atomic mass is 79.9. The zero-order valence-electron chi connectivity index (χ0n) is 27.6. The molecule has 0 unspecified atom stereocenters. The molecule has 0 bridgehead atoms. The third-order valence-corrected chi connectivity index (χ3v) is 9.15. The molecule has 8 rings (SSSR count). The van der Waals surface area contributed by atoms with Gasteiger partial charge < -0.3 is 8.83 Å². The summed E-state index contributed by atoms with van der Waals surface area (Å²) < 4.78 is 14.9. The van der Waals surface area contributed by atoms with Crippen molar-refractivity contribution in [2.45, 2.75) is 28.2 Å². The van der Waals surface area contributed by atoms with Crippen LogP contribution in [0.2, 0.25) is 10.0 Å². The Morgan fingerprint density at radius 1 is 0.704 bits per heavy atom. The summed E-state index contributed by atoms with van der Waals surface area (Å²) >= 11 is 19.1. The lowest BCUT2D eigenvalue weighted by molar-refractivity contribution is 0.513. The molecule has 0 atom stereocenters. The van der Waals surface area contributed by atoms with Crippen molar-refractivity contribution in [2.75, 3.05) is 0 Å². The molecule has 8 aromatic rings. The van der Waals surface area contributed by atoms with Crippen molar-refractivity contribution in [2.24, 2.45) is 0 Å². The molecule has 0 spiro atoms. The second-order valence-corrected chi connectivity index (χ2v) is 13.9. The van der Waals surface area contributed by atoms with E-state index in [2.05, 4.69) is 66.8 Å². The lowest BCUT2D eigenvalue weighted by atomic mass is 10.1. The van der Waals surface area contributed by atoms with E-state index in [0.717, 1.165) is 11.1 Å². The normalized spacial score (nSPS) is 10.9. The van der Waals surface area contributed by atoms with Gasteiger partial charge in [0.25, 0.3) is 0 Å². The van der Waals surface area contributed by atoms with Crippen LogP contribution in [0.3, 0.4) is 0 Å². The fraction of sp³-hybridized carbons (Fsp3) is 0.108. The van der Waals surface area contributed by atoms with E-state index in [-0.39, 0.29) is 24.6 Å². The van der Waals surface area contributed by atoms with E-state index in [1.165, 1.54) is 15.4 Å². The number of pyridine rings is 2. The fourth-order valence-corrected chi connectivity index (χ4v) is 6.70. The summed E-state index contributed by atoms with van der Waals surface area (Å²) in [7, 11) is 0. The minimum absolute atomic E-state index is 0. The molecule has 6 heterocycles. The number of fused-ring (bicyclic) bond motifs is 2. The largest absolute Gasteiger partial charge is 0.401 e. The van der Waals surface area contributed by atoms with Gasteiger partial charge in [-0.15, -0.1) is 0 Å². The summed E-state index contributed by atoms with van der Waals surface area (Å²) in [6, 6.07) is 17.1. The fourth-order valence-electron chi connectivity index (χ4n) is 5.54. The molecule has 2 aromatic carbocycles. The van der Waals surface area contributed by atoms with E-state index in [1.54, 1.807) is 67.8 Å². The van der Waals surface area contributed by atoms with Crippen LogP contribution in [-0.4, -0.2) is 39.5 Å². The van der Waals surface area contributed by atoms with Gasteiger partial charge in [0, 0.05) is 24.5 Å². The van der Waals surface area contributed by atoms with Crippen molar-refractivity contribution in [1.82, 2.24) is 39.5 Å². The average molecular weight is 890 g/mol. The van der Waals surface area contributed by atoms with Crippen LogP contribution in [0, 0.1) is 27.3 Å². The van der Waals surface area contributed by atoms with Crippen molar-refractivity contribution < 1.29 is 8.83 Å². The monoisotopic (exact) mass is 887 g/mol. The van der Waals surface area contributed by atoms with Crippen LogP contribution in [0.4, 0.5) is 5.69 Å². The molecule has 0 aliphatic heterocycles. The lowest BCUT2D eigenvalue weighted by Gasteiger charge is -2.08. The molecule has 0 N–H and O–H groups in total. The van der Waals surface area contributed by atoms with E-state index < -0.39 is 11.3 Å². The van der Waals surface area contributed by atoms with E-state index >= 15 is 0 Å². The molecule has 270 valence electrons. The summed E-state index contributed by atoms with van der Waals surface area (Å²) in [5.41, 5.74) is 3.84. The van der Waals surface area contributed by atoms with Gasteiger partial charge in [-0.1, -0.05) is 42.8 Å². The standard InChI is InChI=1S/C18H9BrClN5O2.C18H12BrClN4O2.CH4/c1-9-6-10(21-2)7-11-15(9)23-17(27-18(11)26)13-8-14(19)24-25(13)16-12(20)4-3-5-22-16;1-9-6-10(2)15-11(7-9)18(25)26-17(22-15)13-8-14(19)23-24(13)16-12(20)4-3-5-21-16;/h3-8H,1H3;3-8H,1-2H3;1H4. The number of hydrogen-bond acceptors (Lipinski definition) is 10. The number of nitrogens with zero attached hydrogens (tertiary/aromatic N) is 9. The molecule has 0 saturated heterocycles. The van der Waals surface area contributed by atoms with E-state index in [0.29, 0.717) is 69.9 Å². The highest BCUT2D eigenvalue weighted by Gasteiger charge is 2.21. The number of aromatic nitrogens is 8. The van der Waals surface area contributed by atoms with Crippen LogP contribution in [0.25, 0.3) is 61.5 Å². The minimum Gasteiger partial charge on any atom is -0.401 e. The first-order valence-corrected chi connectivity index (χ1v) is 17.7. The highest BCUT2D eigenvalue weighted by Crippen LogP contribution is 2.31. The molecule has 0 fully saturated rings. The van der Waals surface area contributed by atoms with E-state index in [1.807, 2.05) is 19.9 Å². The van der Waals surface area contributed by atoms with Gasteiger partial charge in [0.1, 0.15) is 20.6 Å². The van der Waals surface area contributed by atoms with E-state index in [4.69, 9.17) is 38.6 Å². The van der Waals surface area contributed by atoms with Crippen molar-refractivity contribution in [3.8, 4) is 34.8 Å². The van der Waals surface area contributed by atoms with Gasteiger partial charge in [-0.25, -0.2) is 43.7 Å². The van der Waals surface area contributed by atoms with E-state index in [9.17, 15) is 9.59 Å². The topological polar surface area (TPSA) is 152 Å². The zero-order valence-corrected chi connectivity index (χ0v) is 32.3. The molecule has 6 aromatic heterocycles. The van der Waals surface area contributed by atoms with Crippen LogP contribution in [0.5, 0.6) is 0 Å². The molecular formula is C37H25Br2Cl2N9O4. The number of halogens is 4. The Hall–Kier alpha value is -5.53. The first-order chi connectivity index (χ1) is 25.4. The van der Waals surface area contributed by atoms with Gasteiger partial charge in [-0.05, 0) is 106 Å². The van der Waals surface area contributed by atoms with Crippen molar-refractivity contribution in [3.63, 3.8) is 0 Å². The van der Waals surface area contributed by atoms with Gasteiger partial charge in [-0.2, -0.15) is 10.2 Å². The van der Waals surface area contributed by atoms with Crippen LogP contribution >= 0.6 is 55.1 Å². The maximum Gasteiger partial charge on any atom is 0.347 e. The third kappa shape index (κ3) is 7.33. The SMILES string of the molecule is C.Cc1cc(C)c2nc(-c3cc(Br)nn3-c3ncccc3Cl)oc(=O)c2c1.[C-]#[N+]c1cc(C)c2nc(-c3cc(Br)nn3-c3ncccc3Cl)oc(=O)c2c1. The summed E-state index contributed by atoms with van der Waals surface area (Å²) in [4.78, 5) is 45.9. The zero-order chi connectivity index (χ0) is 37.6. The second kappa shape index (κ2) is 15.4. The molecule has 0 aliphatic carbocycles. The van der Waals surface area contributed by atoms with Gasteiger partial charge >= 0.3 is 11.3 Å². The summed E-state index contributed by atoms with van der Waals surface area (Å²) in [6.07, 6.45) is 3.19. The van der Waals surface area contributed by atoms with Crippen molar-refractivity contribution in [3.05, 3.63) is 141 Å². The number of benzene rings is 2. The van der Waals surface area contributed by atoms with Crippen molar-refractivity contribution >= 4 is 82.6 Å². The molecule has 54 heavy (non-hydrogen) atoms. The first-order valence-electron chi connectivity index (χ1n) is 15.4. The number of hydrogen-bond donors (Lipinski definition) is 0. The first kappa shape index (κ1) is 38.2. The quantitative estimate of drug-likeness (QED) is 0.156. The van der Waals surface area contributed by atoms with Crippen LogP contribution in [0.15, 0.2) is 101 Å². The summed E-state index contributed by atoms with van der Waals surface area (Å²) in [5.74, 6) is 1.02. The van der Waals surface area contributed by atoms with Gasteiger partial charge in [0.15, 0.2) is 17.3 Å². The van der Waals surface area contributed by atoms with Crippen LogP contribution < -0.4 is 11.3 Å². The second-order valence-electron chi connectivity index (χ2n) is 11.5. The lowest BCUT2D eigenvalue weighted by Crippen LogP contribution is -2.08. The number of aryl methyl sites for hydroxylation is 3. The predicted octanol–water partition coefficient (Wildman–Crippen LogP) is 9.82. The Kier molecular flexibility index (Phi) is 10.9. The Labute approximate surface area is 333 Å². The Morgan fingerprint density at radius 3 is 1.63 bits per heavy atom.